The molecule has 1 heterocycles. The second-order valence-electron chi connectivity index (χ2n) is 5.66. The van der Waals surface area contributed by atoms with Crippen LogP contribution in [0.25, 0.3) is 0 Å². The van der Waals surface area contributed by atoms with Gasteiger partial charge in [0.05, 0.1) is 6.54 Å². The van der Waals surface area contributed by atoms with E-state index in [0.29, 0.717) is 6.54 Å². The average molecular weight is 243 g/mol. The van der Waals surface area contributed by atoms with Gasteiger partial charge in [0.2, 0.25) is 0 Å². The molecule has 0 radical (unpaired) electrons. The lowest BCUT2D eigenvalue weighted by Crippen LogP contribution is -2.13. The smallest absolute Gasteiger partial charge is 0.176 e. The summed E-state index contributed by atoms with van der Waals surface area (Å²) in [6, 6.07) is 8.39. The SMILES string of the molecule is O=C(CN1CC1)c1ccc(C2CCCCC2)cc1. The molecule has 2 nitrogen and oxygen atoms in total. The zero-order chi connectivity index (χ0) is 12.4. The van der Waals surface area contributed by atoms with Gasteiger partial charge < -0.3 is 0 Å². The third kappa shape index (κ3) is 2.81. The lowest BCUT2D eigenvalue weighted by molar-refractivity contribution is 0.0974. The Balaban J connectivity index is 1.65. The van der Waals surface area contributed by atoms with Gasteiger partial charge in [-0.1, -0.05) is 43.5 Å². The molecule has 1 saturated carbocycles. The monoisotopic (exact) mass is 243 g/mol. The van der Waals surface area contributed by atoms with Crippen LogP contribution in [0.4, 0.5) is 0 Å². The molecule has 1 aromatic rings. The molecule has 96 valence electrons. The predicted octanol–water partition coefficient (Wildman–Crippen LogP) is 3.23. The van der Waals surface area contributed by atoms with Crippen LogP contribution in [0.3, 0.4) is 0 Å². The highest BCUT2D eigenvalue weighted by atomic mass is 16.1. The van der Waals surface area contributed by atoms with Crippen LogP contribution in [-0.4, -0.2) is 30.3 Å². The van der Waals surface area contributed by atoms with Crippen LogP contribution in [-0.2, 0) is 0 Å². The number of Topliss-reactive ketones (excluding diaryl/α,β-unsaturated/α-hetero) is 1. The fraction of sp³-hybridized carbons (Fsp3) is 0.562. The lowest BCUT2D eigenvalue weighted by atomic mass is 9.84. The molecule has 0 N–H and O–H groups in total. The highest BCUT2D eigenvalue weighted by Crippen LogP contribution is 2.32. The number of carbonyl (C=O) groups excluding carboxylic acids is 1. The Morgan fingerprint density at radius 1 is 1.06 bits per heavy atom. The van der Waals surface area contributed by atoms with E-state index < -0.39 is 0 Å². The molecule has 0 amide bonds. The van der Waals surface area contributed by atoms with E-state index in [9.17, 15) is 4.79 Å². The molecular weight excluding hydrogens is 222 g/mol. The third-order valence-electron chi connectivity index (χ3n) is 4.22. The number of hydrogen-bond acceptors (Lipinski definition) is 2. The van der Waals surface area contributed by atoms with Crippen LogP contribution in [0.5, 0.6) is 0 Å². The van der Waals surface area contributed by atoms with Crippen molar-refractivity contribution in [2.75, 3.05) is 19.6 Å². The normalized spacial score (nSPS) is 20.9. The van der Waals surface area contributed by atoms with Crippen LogP contribution in [0.1, 0.15) is 53.9 Å². The van der Waals surface area contributed by atoms with Gasteiger partial charge >= 0.3 is 0 Å². The molecule has 1 aromatic carbocycles. The maximum atomic E-state index is 11.9. The Hall–Kier alpha value is -1.15. The van der Waals surface area contributed by atoms with Crippen molar-refractivity contribution in [3.8, 4) is 0 Å². The molecule has 2 fully saturated rings. The molecule has 0 bridgehead atoms. The van der Waals surface area contributed by atoms with Gasteiger partial charge in [0.15, 0.2) is 5.78 Å². The van der Waals surface area contributed by atoms with Gasteiger partial charge in [0, 0.05) is 18.7 Å². The molecule has 1 aliphatic heterocycles. The maximum absolute atomic E-state index is 11.9. The number of hydrogen-bond donors (Lipinski definition) is 0. The number of carbonyl (C=O) groups is 1. The highest BCUT2D eigenvalue weighted by Gasteiger charge is 2.21. The summed E-state index contributed by atoms with van der Waals surface area (Å²) in [5.74, 6) is 0.998. The largest absolute Gasteiger partial charge is 0.293 e. The van der Waals surface area contributed by atoms with Gasteiger partial charge in [-0.25, -0.2) is 0 Å². The van der Waals surface area contributed by atoms with Crippen molar-refractivity contribution in [1.29, 1.82) is 0 Å². The van der Waals surface area contributed by atoms with Gasteiger partial charge in [0.1, 0.15) is 0 Å². The van der Waals surface area contributed by atoms with E-state index in [0.717, 1.165) is 24.6 Å². The Kier molecular flexibility index (Phi) is 3.46. The second kappa shape index (κ2) is 5.23. The van der Waals surface area contributed by atoms with Gasteiger partial charge in [-0.05, 0) is 24.3 Å². The fourth-order valence-corrected chi connectivity index (χ4v) is 2.90. The summed E-state index contributed by atoms with van der Waals surface area (Å²) in [5, 5.41) is 0. The van der Waals surface area contributed by atoms with E-state index in [4.69, 9.17) is 0 Å². The van der Waals surface area contributed by atoms with Gasteiger partial charge in [-0.2, -0.15) is 0 Å². The van der Waals surface area contributed by atoms with Crippen LogP contribution in [0, 0.1) is 0 Å². The van der Waals surface area contributed by atoms with Crippen LogP contribution in [0.2, 0.25) is 0 Å². The highest BCUT2D eigenvalue weighted by molar-refractivity contribution is 5.97. The van der Waals surface area contributed by atoms with Crippen molar-refractivity contribution < 1.29 is 4.79 Å². The van der Waals surface area contributed by atoms with Crippen LogP contribution in [0.15, 0.2) is 24.3 Å². The molecule has 2 heteroatoms. The zero-order valence-electron chi connectivity index (χ0n) is 10.9. The summed E-state index contributed by atoms with van der Waals surface area (Å²) in [7, 11) is 0. The first-order valence-corrected chi connectivity index (χ1v) is 7.18. The van der Waals surface area contributed by atoms with E-state index in [1.165, 1.54) is 37.7 Å². The summed E-state index contributed by atoms with van der Waals surface area (Å²) in [6.07, 6.45) is 6.76. The van der Waals surface area contributed by atoms with Gasteiger partial charge in [-0.3, -0.25) is 9.69 Å². The predicted molar refractivity (Wildman–Crippen MR) is 73.0 cm³/mol. The standard InChI is InChI=1S/C16H21NO/c18-16(12-17-10-11-17)15-8-6-14(7-9-15)13-4-2-1-3-5-13/h6-9,13H,1-5,10-12H2. The van der Waals surface area contributed by atoms with Crippen LogP contribution >= 0.6 is 0 Å². The average Bonchev–Trinajstić information content (AvgIpc) is 3.24. The van der Waals surface area contributed by atoms with Crippen molar-refractivity contribution in [2.24, 2.45) is 0 Å². The number of benzene rings is 1. The topological polar surface area (TPSA) is 20.1 Å². The Bertz CT molecular complexity index is 413. The molecule has 3 rings (SSSR count). The quantitative estimate of drug-likeness (QED) is 0.597. The maximum Gasteiger partial charge on any atom is 0.176 e. The molecule has 1 saturated heterocycles. The minimum atomic E-state index is 0.266. The van der Waals surface area contributed by atoms with Crippen molar-refractivity contribution in [3.05, 3.63) is 35.4 Å². The molecule has 1 aliphatic carbocycles. The van der Waals surface area contributed by atoms with E-state index in [2.05, 4.69) is 17.0 Å². The van der Waals surface area contributed by atoms with E-state index >= 15 is 0 Å². The molecule has 18 heavy (non-hydrogen) atoms. The Morgan fingerprint density at radius 3 is 2.33 bits per heavy atom. The number of rotatable bonds is 4. The summed E-state index contributed by atoms with van der Waals surface area (Å²) in [6.45, 7) is 2.78. The van der Waals surface area contributed by atoms with Crippen molar-refractivity contribution in [3.63, 3.8) is 0 Å². The fourth-order valence-electron chi connectivity index (χ4n) is 2.90. The second-order valence-corrected chi connectivity index (χ2v) is 5.66. The summed E-state index contributed by atoms with van der Waals surface area (Å²) in [5.41, 5.74) is 2.31. The first kappa shape index (κ1) is 11.9. The summed E-state index contributed by atoms with van der Waals surface area (Å²) >= 11 is 0. The van der Waals surface area contributed by atoms with E-state index in [1.54, 1.807) is 0 Å². The van der Waals surface area contributed by atoms with Gasteiger partial charge in [0.25, 0.3) is 0 Å². The van der Waals surface area contributed by atoms with Crippen molar-refractivity contribution in [2.45, 2.75) is 38.0 Å². The number of ketones is 1. The Morgan fingerprint density at radius 2 is 1.72 bits per heavy atom. The van der Waals surface area contributed by atoms with Crippen molar-refractivity contribution >= 4 is 5.78 Å². The van der Waals surface area contributed by atoms with Crippen molar-refractivity contribution in [1.82, 2.24) is 4.90 Å². The molecule has 0 unspecified atom stereocenters. The molecule has 0 atom stereocenters. The minimum Gasteiger partial charge on any atom is -0.293 e. The lowest BCUT2D eigenvalue weighted by Gasteiger charge is -2.22. The minimum absolute atomic E-state index is 0.266. The van der Waals surface area contributed by atoms with Crippen LogP contribution < -0.4 is 0 Å². The first-order valence-electron chi connectivity index (χ1n) is 7.18. The first-order chi connectivity index (χ1) is 8.83. The summed E-state index contributed by atoms with van der Waals surface area (Å²) in [4.78, 5) is 14.1. The van der Waals surface area contributed by atoms with E-state index in [1.807, 2.05) is 12.1 Å². The van der Waals surface area contributed by atoms with Gasteiger partial charge in [-0.15, -0.1) is 0 Å². The summed E-state index contributed by atoms with van der Waals surface area (Å²) < 4.78 is 0. The third-order valence-corrected chi connectivity index (χ3v) is 4.22. The van der Waals surface area contributed by atoms with E-state index in [-0.39, 0.29) is 5.78 Å². The molecule has 2 aliphatic rings. The Labute approximate surface area is 109 Å². The number of nitrogens with zero attached hydrogens (tertiary/aromatic N) is 1. The zero-order valence-corrected chi connectivity index (χ0v) is 10.9. The molecule has 0 aromatic heterocycles. The molecule has 0 spiro atoms. The molecular formula is C16H21NO.